The van der Waals surface area contributed by atoms with E-state index in [0.29, 0.717) is 29.5 Å². The van der Waals surface area contributed by atoms with Crippen LogP contribution in [0, 0.1) is 0 Å². The van der Waals surface area contributed by atoms with Crippen LogP contribution in [-0.4, -0.2) is 158 Å². The molecular weight excluding hydrogens is 963 g/mol. The second-order valence-electron chi connectivity index (χ2n) is 17.9. The van der Waals surface area contributed by atoms with Gasteiger partial charge in [0.2, 0.25) is 5.91 Å². The molecule has 21 heteroatoms. The number of ketones is 2. The lowest BCUT2D eigenvalue weighted by molar-refractivity contribution is -0.162. The summed E-state index contributed by atoms with van der Waals surface area (Å²) < 4.78 is 38.8. The molecule has 3 aromatic carbocycles. The zero-order valence-electron chi connectivity index (χ0n) is 43.8. The fraction of sp³-hybridized carbons (Fsp3) is 0.491. The van der Waals surface area contributed by atoms with E-state index in [1.54, 1.807) is 119 Å². The van der Waals surface area contributed by atoms with E-state index in [9.17, 15) is 43.2 Å². The van der Waals surface area contributed by atoms with Crippen LogP contribution in [0.1, 0.15) is 77.5 Å². The molecule has 2 unspecified atom stereocenters. The molecule has 0 fully saturated rings. The van der Waals surface area contributed by atoms with Crippen molar-refractivity contribution in [2.75, 3.05) is 67.1 Å². The first-order valence-corrected chi connectivity index (χ1v) is 24.1. The number of Topliss-reactive ketones (excluding diaryl/α,β-unsaturated/α-hetero) is 2. The summed E-state index contributed by atoms with van der Waals surface area (Å²) in [5, 5.41) is 5.60. The minimum absolute atomic E-state index is 0.0931. The van der Waals surface area contributed by atoms with Gasteiger partial charge in [-0.2, -0.15) is 0 Å². The van der Waals surface area contributed by atoms with Crippen molar-refractivity contribution in [2.24, 2.45) is 0 Å². The van der Waals surface area contributed by atoms with Gasteiger partial charge in [-0.3, -0.25) is 34.1 Å². The highest BCUT2D eigenvalue weighted by molar-refractivity contribution is 5.93. The third-order valence-electron chi connectivity index (χ3n) is 12.0. The Balaban J connectivity index is 1.90. The molecule has 3 aromatic rings. The molecule has 0 aliphatic carbocycles. The monoisotopic (exact) mass is 1030 g/mol. The summed E-state index contributed by atoms with van der Waals surface area (Å²) in [7, 11) is 3.85. The molecule has 0 bridgehead atoms. The third kappa shape index (κ3) is 19.9. The number of rotatable bonds is 30. The number of ether oxygens (including phenoxy) is 7. The summed E-state index contributed by atoms with van der Waals surface area (Å²) in [6.45, 7) is 4.29. The Labute approximate surface area is 432 Å². The predicted octanol–water partition coefficient (Wildman–Crippen LogP) is 5.16. The first-order valence-electron chi connectivity index (χ1n) is 24.1. The van der Waals surface area contributed by atoms with Gasteiger partial charge in [-0.25, -0.2) is 14.4 Å². The molecule has 2 N–H and O–H groups in total. The van der Waals surface area contributed by atoms with Gasteiger partial charge in [0.05, 0.1) is 12.1 Å². The number of nitrogens with zero attached hydrogens (tertiary/aromatic N) is 3. The van der Waals surface area contributed by atoms with Gasteiger partial charge < -0.3 is 53.2 Å². The summed E-state index contributed by atoms with van der Waals surface area (Å²) in [5.74, 6) is -4.67. The van der Waals surface area contributed by atoms with Gasteiger partial charge >= 0.3 is 36.2 Å². The summed E-state index contributed by atoms with van der Waals surface area (Å²) in [6, 6.07) is 26.4. The third-order valence-corrected chi connectivity index (χ3v) is 12.0. The zero-order chi connectivity index (χ0) is 54.9. The topological polar surface area (TPSA) is 252 Å². The number of hydrogen-bond acceptors (Lipinski definition) is 17. The van der Waals surface area contributed by atoms with Crippen molar-refractivity contribution in [2.45, 2.75) is 103 Å². The number of esters is 3. The van der Waals surface area contributed by atoms with Crippen LogP contribution >= 0.6 is 0 Å². The molecule has 0 radical (unpaired) electrons. The molecule has 404 valence electrons. The Morgan fingerprint density at radius 3 is 1.16 bits per heavy atom. The van der Waals surface area contributed by atoms with Crippen LogP contribution in [0.15, 0.2) is 91.0 Å². The second kappa shape index (κ2) is 30.0. The van der Waals surface area contributed by atoms with Crippen molar-refractivity contribution in [1.29, 1.82) is 0 Å². The number of benzene rings is 3. The maximum absolute atomic E-state index is 14.1. The molecule has 0 heterocycles. The van der Waals surface area contributed by atoms with Gasteiger partial charge in [0.25, 0.3) is 0 Å². The fourth-order valence-corrected chi connectivity index (χ4v) is 7.13. The lowest BCUT2D eigenvalue weighted by Crippen LogP contribution is -2.63. The Morgan fingerprint density at radius 1 is 0.527 bits per heavy atom. The van der Waals surface area contributed by atoms with E-state index in [0.717, 1.165) is 14.7 Å². The van der Waals surface area contributed by atoms with E-state index in [1.807, 2.05) is 0 Å². The average Bonchev–Trinajstić information content (AvgIpc) is 3.40. The molecule has 3 rings (SSSR count). The van der Waals surface area contributed by atoms with Crippen molar-refractivity contribution in [3.63, 3.8) is 0 Å². The maximum atomic E-state index is 14.1. The van der Waals surface area contributed by atoms with E-state index >= 15 is 0 Å². The Bertz CT molecular complexity index is 2140. The van der Waals surface area contributed by atoms with Crippen LogP contribution in [-0.2, 0) is 81.7 Å². The van der Waals surface area contributed by atoms with Crippen molar-refractivity contribution in [1.82, 2.24) is 25.3 Å². The molecule has 4 amide bonds. The van der Waals surface area contributed by atoms with E-state index < -0.39 is 117 Å². The number of carbonyl (C=O) groups excluding carboxylic acids is 9. The smallest absolute Gasteiger partial charge is 0.410 e. The normalized spacial score (nSPS) is 12.4. The summed E-state index contributed by atoms with van der Waals surface area (Å²) in [4.78, 5) is 122. The maximum Gasteiger partial charge on any atom is 0.410 e. The Morgan fingerprint density at radius 2 is 0.865 bits per heavy atom. The number of nitrogens with one attached hydrogen (secondary N) is 2. The molecule has 74 heavy (non-hydrogen) atoms. The number of amides is 4. The molecule has 2 atom stereocenters. The van der Waals surface area contributed by atoms with E-state index in [4.69, 9.17) is 33.2 Å². The molecule has 0 saturated carbocycles. The van der Waals surface area contributed by atoms with Gasteiger partial charge in [-0.05, 0) is 56.7 Å². The largest absolute Gasteiger partial charge is 0.462 e. The van der Waals surface area contributed by atoms with Gasteiger partial charge in [0.1, 0.15) is 76.5 Å². The highest BCUT2D eigenvalue weighted by atomic mass is 16.6. The molecule has 0 spiro atoms. The van der Waals surface area contributed by atoms with Crippen LogP contribution in [0.2, 0.25) is 0 Å². The lowest BCUT2D eigenvalue weighted by atomic mass is 9.88. The first-order chi connectivity index (χ1) is 35.1. The second-order valence-corrected chi connectivity index (χ2v) is 17.9. The van der Waals surface area contributed by atoms with E-state index in [2.05, 4.69) is 10.6 Å². The van der Waals surface area contributed by atoms with E-state index in [1.165, 1.54) is 35.0 Å². The first kappa shape index (κ1) is 60.9. The summed E-state index contributed by atoms with van der Waals surface area (Å²) in [6.07, 6.45) is -2.93. The number of carbonyl (C=O) groups is 9. The molecule has 0 aliphatic rings. The summed E-state index contributed by atoms with van der Waals surface area (Å²) in [5.41, 5.74) is -2.66. The highest BCUT2D eigenvalue weighted by Gasteiger charge is 2.43. The van der Waals surface area contributed by atoms with Gasteiger partial charge in [0.15, 0.2) is 11.6 Å². The minimum Gasteiger partial charge on any atom is -0.462 e. The standard InChI is InChI=1S/C53H71N5O16/c1-10-51(6,47(64)38(4)74-53(11-2,12-3)39(5)59)54-28-43(60)55-52(35-71-44(61)29-56(7)48(65)68-32-40-22-16-13-17-23-40,36-72-45(62)30-57(8)49(66)69-33-41-24-18-14-19-25-41)37-73-46(63)31-58(9)50(67)70-34-42-26-20-15-21-27-42/h13-27,38,54H,10-12,28-37H2,1-9H3,(H,55,60). The van der Waals surface area contributed by atoms with Crippen LogP contribution < -0.4 is 10.6 Å². The van der Waals surface area contributed by atoms with Crippen LogP contribution in [0.4, 0.5) is 14.4 Å². The quantitative estimate of drug-likeness (QED) is 0.0646. The lowest BCUT2D eigenvalue weighted by Gasteiger charge is -2.37. The SMILES string of the molecule is CCC(C)(NCC(=O)NC(COC(=O)CN(C)C(=O)OCc1ccccc1)(COC(=O)CN(C)C(=O)OCc1ccccc1)COC(=O)CN(C)C(=O)OCc1ccccc1)C(=O)C(C)OC(CC)(CC)C(C)=O. The van der Waals surface area contributed by atoms with Crippen molar-refractivity contribution >= 4 is 53.7 Å². The molecule has 21 nitrogen and oxygen atoms in total. The van der Waals surface area contributed by atoms with E-state index in [-0.39, 0.29) is 32.0 Å². The number of hydrogen-bond donors (Lipinski definition) is 2. The van der Waals surface area contributed by atoms with Gasteiger partial charge in [0, 0.05) is 21.1 Å². The average molecular weight is 1030 g/mol. The Kier molecular flexibility index (Phi) is 24.7. The van der Waals surface area contributed by atoms with Gasteiger partial charge in [-0.1, -0.05) is 112 Å². The minimum atomic E-state index is -2.11. The van der Waals surface area contributed by atoms with Crippen molar-refractivity contribution < 1.29 is 76.3 Å². The van der Waals surface area contributed by atoms with Crippen LogP contribution in [0.3, 0.4) is 0 Å². The Hall–Kier alpha value is -7.39. The van der Waals surface area contributed by atoms with Crippen molar-refractivity contribution in [3.05, 3.63) is 108 Å². The zero-order valence-corrected chi connectivity index (χ0v) is 43.8. The molecule has 0 saturated heterocycles. The highest BCUT2D eigenvalue weighted by Crippen LogP contribution is 2.26. The van der Waals surface area contributed by atoms with Crippen LogP contribution in [0.5, 0.6) is 0 Å². The van der Waals surface area contributed by atoms with Crippen molar-refractivity contribution in [3.8, 4) is 0 Å². The van der Waals surface area contributed by atoms with Gasteiger partial charge in [-0.15, -0.1) is 0 Å². The molecule has 0 aliphatic heterocycles. The predicted molar refractivity (Wildman–Crippen MR) is 268 cm³/mol. The fourth-order valence-electron chi connectivity index (χ4n) is 7.13. The summed E-state index contributed by atoms with van der Waals surface area (Å²) >= 11 is 0. The molecule has 0 aromatic heterocycles. The molecular formula is C53H71N5O16. The number of likely N-dealkylation sites (N-methyl/N-ethyl adjacent to an activating group) is 3. The van der Waals surface area contributed by atoms with Crippen LogP contribution in [0.25, 0.3) is 0 Å².